The van der Waals surface area contributed by atoms with Gasteiger partial charge in [-0.1, -0.05) is 25.1 Å². The van der Waals surface area contributed by atoms with Gasteiger partial charge in [0.15, 0.2) is 11.9 Å². The molecular formula is C15H19N3O2. The van der Waals surface area contributed by atoms with E-state index in [1.807, 2.05) is 30.3 Å². The fraction of sp³-hybridized carbons (Fsp3) is 0.333. The number of carbonyl (C=O) groups is 1. The Bertz CT molecular complexity index is 551. The average molecular weight is 273 g/mol. The van der Waals surface area contributed by atoms with Crippen LogP contribution in [0.25, 0.3) is 0 Å². The van der Waals surface area contributed by atoms with Crippen molar-refractivity contribution in [2.45, 2.75) is 32.9 Å². The zero-order chi connectivity index (χ0) is 14.4. The molecule has 1 N–H and O–H groups in total. The lowest BCUT2D eigenvalue weighted by molar-refractivity contribution is -0.122. The number of hydrogen-bond acceptors (Lipinski definition) is 3. The van der Waals surface area contributed by atoms with Gasteiger partial charge in [-0.05, 0) is 25.5 Å². The van der Waals surface area contributed by atoms with Crippen LogP contribution in [-0.4, -0.2) is 21.8 Å². The van der Waals surface area contributed by atoms with E-state index in [1.54, 1.807) is 24.0 Å². The molecule has 0 saturated heterocycles. The van der Waals surface area contributed by atoms with Gasteiger partial charge in [-0.25, -0.2) is 0 Å². The highest BCUT2D eigenvalue weighted by Crippen LogP contribution is 2.12. The molecule has 20 heavy (non-hydrogen) atoms. The van der Waals surface area contributed by atoms with Gasteiger partial charge >= 0.3 is 0 Å². The number of aryl methyl sites for hydroxylation is 1. The Morgan fingerprint density at radius 3 is 2.85 bits per heavy atom. The number of carbonyl (C=O) groups excluding carboxylic acids is 1. The summed E-state index contributed by atoms with van der Waals surface area (Å²) in [6, 6.07) is 9.32. The van der Waals surface area contributed by atoms with Gasteiger partial charge in [-0.3, -0.25) is 9.48 Å². The largest absolute Gasteiger partial charge is 0.478 e. The third-order valence-corrected chi connectivity index (χ3v) is 2.79. The van der Waals surface area contributed by atoms with Gasteiger partial charge in [-0.2, -0.15) is 5.10 Å². The number of aromatic nitrogens is 2. The van der Waals surface area contributed by atoms with E-state index >= 15 is 0 Å². The minimum Gasteiger partial charge on any atom is -0.478 e. The molecule has 0 bridgehead atoms. The van der Waals surface area contributed by atoms with E-state index < -0.39 is 6.10 Å². The smallest absolute Gasteiger partial charge is 0.265 e. The van der Waals surface area contributed by atoms with Crippen molar-refractivity contribution in [2.24, 2.45) is 0 Å². The van der Waals surface area contributed by atoms with Crippen molar-refractivity contribution in [3.8, 4) is 5.75 Å². The first-order valence-electron chi connectivity index (χ1n) is 6.74. The van der Waals surface area contributed by atoms with Gasteiger partial charge < -0.3 is 10.1 Å². The van der Waals surface area contributed by atoms with Crippen molar-refractivity contribution in [1.29, 1.82) is 0 Å². The van der Waals surface area contributed by atoms with E-state index in [0.717, 1.165) is 18.7 Å². The maximum Gasteiger partial charge on any atom is 0.265 e. The van der Waals surface area contributed by atoms with Crippen LogP contribution >= 0.6 is 0 Å². The van der Waals surface area contributed by atoms with Crippen LogP contribution in [0.2, 0.25) is 0 Å². The second kappa shape index (κ2) is 6.75. The molecule has 0 saturated carbocycles. The van der Waals surface area contributed by atoms with Crippen molar-refractivity contribution < 1.29 is 9.53 Å². The number of amides is 1. The van der Waals surface area contributed by atoms with Crippen LogP contribution < -0.4 is 10.1 Å². The lowest BCUT2D eigenvalue weighted by Gasteiger charge is -2.13. The number of benzene rings is 1. The number of anilines is 1. The lowest BCUT2D eigenvalue weighted by Crippen LogP contribution is -2.30. The molecule has 1 amide bonds. The normalized spacial score (nSPS) is 11.9. The van der Waals surface area contributed by atoms with Crippen LogP contribution in [0.4, 0.5) is 5.69 Å². The summed E-state index contributed by atoms with van der Waals surface area (Å²) < 4.78 is 7.38. The maximum absolute atomic E-state index is 12.0. The van der Waals surface area contributed by atoms with E-state index in [0.29, 0.717) is 5.75 Å². The van der Waals surface area contributed by atoms with Crippen molar-refractivity contribution >= 4 is 11.6 Å². The standard InChI is InChI=1S/C15H19N3O2/c1-3-9-18-11-14(10-16-18)20-12(2)15(19)17-13-7-5-4-6-8-13/h4-8,10-12H,3,9H2,1-2H3,(H,17,19). The first-order chi connectivity index (χ1) is 9.69. The summed E-state index contributed by atoms with van der Waals surface area (Å²) in [7, 11) is 0. The number of hydrogen-bond donors (Lipinski definition) is 1. The average Bonchev–Trinajstić information content (AvgIpc) is 2.87. The molecule has 0 aliphatic heterocycles. The molecule has 0 spiro atoms. The molecule has 0 aliphatic rings. The zero-order valence-corrected chi connectivity index (χ0v) is 11.7. The fourth-order valence-corrected chi connectivity index (χ4v) is 1.78. The molecule has 2 rings (SSSR count). The Morgan fingerprint density at radius 1 is 1.40 bits per heavy atom. The summed E-state index contributed by atoms with van der Waals surface area (Å²) in [5.74, 6) is 0.425. The minimum absolute atomic E-state index is 0.181. The quantitative estimate of drug-likeness (QED) is 0.880. The molecule has 0 aliphatic carbocycles. The highest BCUT2D eigenvalue weighted by Gasteiger charge is 2.15. The second-order valence-corrected chi connectivity index (χ2v) is 4.55. The summed E-state index contributed by atoms with van der Waals surface area (Å²) >= 11 is 0. The molecular weight excluding hydrogens is 254 g/mol. The van der Waals surface area contributed by atoms with Crippen molar-refractivity contribution in [1.82, 2.24) is 9.78 Å². The second-order valence-electron chi connectivity index (χ2n) is 4.55. The van der Waals surface area contributed by atoms with Crippen molar-refractivity contribution in [3.63, 3.8) is 0 Å². The van der Waals surface area contributed by atoms with Crippen LogP contribution in [0.1, 0.15) is 20.3 Å². The fourth-order valence-electron chi connectivity index (χ4n) is 1.78. The number of nitrogens with one attached hydrogen (secondary N) is 1. The van der Waals surface area contributed by atoms with Crippen molar-refractivity contribution in [2.75, 3.05) is 5.32 Å². The molecule has 1 aromatic heterocycles. The van der Waals surface area contributed by atoms with Gasteiger partial charge in [0.1, 0.15) is 0 Å². The topological polar surface area (TPSA) is 56.1 Å². The third-order valence-electron chi connectivity index (χ3n) is 2.79. The number of ether oxygens (including phenoxy) is 1. The molecule has 0 fully saturated rings. The van der Waals surface area contributed by atoms with Crippen LogP contribution in [-0.2, 0) is 11.3 Å². The predicted octanol–water partition coefficient (Wildman–Crippen LogP) is 2.70. The molecule has 106 valence electrons. The third kappa shape index (κ3) is 3.85. The first kappa shape index (κ1) is 14.1. The molecule has 5 heteroatoms. The maximum atomic E-state index is 12.0. The Morgan fingerprint density at radius 2 is 2.15 bits per heavy atom. The molecule has 1 unspecified atom stereocenters. The Kier molecular flexibility index (Phi) is 4.76. The van der Waals surface area contributed by atoms with Crippen LogP contribution in [0.5, 0.6) is 5.75 Å². The van der Waals surface area contributed by atoms with E-state index in [9.17, 15) is 4.79 Å². The molecule has 0 radical (unpaired) electrons. The SMILES string of the molecule is CCCn1cc(OC(C)C(=O)Nc2ccccc2)cn1. The van der Waals surface area contributed by atoms with Gasteiger partial charge in [0.2, 0.25) is 0 Å². The molecule has 1 aromatic carbocycles. The van der Waals surface area contributed by atoms with E-state index in [4.69, 9.17) is 4.74 Å². The highest BCUT2D eigenvalue weighted by atomic mass is 16.5. The van der Waals surface area contributed by atoms with Crippen LogP contribution in [0, 0.1) is 0 Å². The monoisotopic (exact) mass is 273 g/mol. The van der Waals surface area contributed by atoms with Gasteiger partial charge in [0.25, 0.3) is 5.91 Å². The van der Waals surface area contributed by atoms with E-state index in [2.05, 4.69) is 17.3 Å². The Labute approximate surface area is 118 Å². The van der Waals surface area contributed by atoms with Crippen LogP contribution in [0.3, 0.4) is 0 Å². The summed E-state index contributed by atoms with van der Waals surface area (Å²) in [5, 5.41) is 6.97. The summed E-state index contributed by atoms with van der Waals surface area (Å²) in [6.45, 7) is 4.64. The first-order valence-corrected chi connectivity index (χ1v) is 6.74. The number of para-hydroxylation sites is 1. The zero-order valence-electron chi connectivity index (χ0n) is 11.7. The molecule has 1 heterocycles. The minimum atomic E-state index is -0.575. The summed E-state index contributed by atoms with van der Waals surface area (Å²) in [5.41, 5.74) is 0.759. The Hall–Kier alpha value is -2.30. The summed E-state index contributed by atoms with van der Waals surface area (Å²) in [6.07, 6.45) is 3.86. The molecule has 2 aromatic rings. The van der Waals surface area contributed by atoms with E-state index in [1.165, 1.54) is 0 Å². The molecule has 5 nitrogen and oxygen atoms in total. The van der Waals surface area contributed by atoms with E-state index in [-0.39, 0.29) is 5.91 Å². The number of nitrogens with zero attached hydrogens (tertiary/aromatic N) is 2. The summed E-state index contributed by atoms with van der Waals surface area (Å²) in [4.78, 5) is 12.0. The van der Waals surface area contributed by atoms with Gasteiger partial charge in [0.05, 0.1) is 12.4 Å². The lowest BCUT2D eigenvalue weighted by atomic mass is 10.3. The number of rotatable bonds is 6. The van der Waals surface area contributed by atoms with Crippen LogP contribution in [0.15, 0.2) is 42.7 Å². The van der Waals surface area contributed by atoms with Crippen molar-refractivity contribution in [3.05, 3.63) is 42.7 Å². The highest BCUT2D eigenvalue weighted by molar-refractivity contribution is 5.94. The predicted molar refractivity (Wildman–Crippen MR) is 77.7 cm³/mol. The van der Waals surface area contributed by atoms with Gasteiger partial charge in [0, 0.05) is 12.2 Å². The molecule has 1 atom stereocenters. The Balaban J connectivity index is 1.90. The van der Waals surface area contributed by atoms with Gasteiger partial charge in [-0.15, -0.1) is 0 Å².